The highest BCUT2D eigenvalue weighted by molar-refractivity contribution is 6.08. The van der Waals surface area contributed by atoms with E-state index in [9.17, 15) is 22.8 Å². The van der Waals surface area contributed by atoms with Gasteiger partial charge in [0.25, 0.3) is 5.91 Å². The van der Waals surface area contributed by atoms with Crippen molar-refractivity contribution in [3.63, 3.8) is 0 Å². The number of hydrogen-bond acceptors (Lipinski definition) is 4. The second kappa shape index (κ2) is 15.0. The van der Waals surface area contributed by atoms with Crippen molar-refractivity contribution in [2.24, 2.45) is 0 Å². The molecule has 0 saturated carbocycles. The molecule has 0 fully saturated rings. The number of anilines is 2. The largest absolute Gasteiger partial charge is 0.416 e. The molecular weight excluding hydrogens is 553 g/mol. The van der Waals surface area contributed by atoms with Crippen molar-refractivity contribution in [3.8, 4) is 11.1 Å². The summed E-state index contributed by atoms with van der Waals surface area (Å²) in [7, 11) is 0. The van der Waals surface area contributed by atoms with Crippen molar-refractivity contribution in [2.45, 2.75) is 32.0 Å². The Labute approximate surface area is 249 Å². The van der Waals surface area contributed by atoms with E-state index in [-0.39, 0.29) is 11.8 Å². The van der Waals surface area contributed by atoms with Crippen LogP contribution < -0.4 is 21.3 Å². The van der Waals surface area contributed by atoms with Crippen LogP contribution in [0.1, 0.15) is 47.3 Å². The number of nitrogens with one attached hydrogen (secondary N) is 4. The molecule has 0 radical (unpaired) electrons. The summed E-state index contributed by atoms with van der Waals surface area (Å²) in [5.41, 5.74) is 3.06. The lowest BCUT2D eigenvalue weighted by molar-refractivity contribution is -0.137. The Hall–Kier alpha value is -4.63. The highest BCUT2D eigenvalue weighted by Crippen LogP contribution is 2.32. The summed E-state index contributed by atoms with van der Waals surface area (Å²) in [6.45, 7) is 3.97. The second-order valence-electron chi connectivity index (χ2n) is 10.0. The van der Waals surface area contributed by atoms with Crippen molar-refractivity contribution in [2.75, 3.05) is 30.3 Å². The first kappa shape index (κ1) is 31.3. The maximum atomic E-state index is 13.1. The van der Waals surface area contributed by atoms with Crippen LogP contribution in [-0.4, -0.2) is 31.4 Å². The highest BCUT2D eigenvalue weighted by atomic mass is 19.4. The first-order valence-electron chi connectivity index (χ1n) is 14.2. The summed E-state index contributed by atoms with van der Waals surface area (Å²) in [5.74, 6) is -0.404. The molecule has 2 amide bonds. The molecule has 224 valence electrons. The lowest BCUT2D eigenvalue weighted by atomic mass is 9.98. The Morgan fingerprint density at radius 1 is 0.744 bits per heavy atom. The standard InChI is InChI=1S/C34H35F3N4O2/c1-2-21-40-33(43)31(25-9-4-3-5-10-25)39-23-8-22-38-27-17-19-28(20-18-27)41-32(42)30-12-7-6-11-29(30)24-13-15-26(16-14-24)34(35,36)37/h3-7,9-20,31,38-39H,2,8,21-23H2,1H3,(H,40,43)(H,41,42). The fourth-order valence-electron chi connectivity index (χ4n) is 4.57. The van der Waals surface area contributed by atoms with Crippen LogP contribution in [0.25, 0.3) is 11.1 Å². The zero-order valence-corrected chi connectivity index (χ0v) is 23.9. The van der Waals surface area contributed by atoms with E-state index in [1.807, 2.05) is 49.4 Å². The van der Waals surface area contributed by atoms with Crippen LogP contribution in [0.4, 0.5) is 24.5 Å². The molecule has 1 unspecified atom stereocenters. The molecular formula is C34H35F3N4O2. The normalized spacial score (nSPS) is 11.9. The van der Waals surface area contributed by atoms with Gasteiger partial charge in [0.05, 0.1) is 5.56 Å². The molecule has 1 atom stereocenters. The third kappa shape index (κ3) is 8.93. The minimum Gasteiger partial charge on any atom is -0.385 e. The van der Waals surface area contributed by atoms with Crippen molar-refractivity contribution in [1.82, 2.24) is 10.6 Å². The number of benzene rings is 4. The predicted octanol–water partition coefficient (Wildman–Crippen LogP) is 7.28. The molecule has 9 heteroatoms. The fourth-order valence-corrected chi connectivity index (χ4v) is 4.57. The first-order chi connectivity index (χ1) is 20.8. The van der Waals surface area contributed by atoms with Crippen molar-refractivity contribution in [3.05, 3.63) is 120 Å². The molecule has 0 aliphatic heterocycles. The Morgan fingerprint density at radius 3 is 2.07 bits per heavy atom. The molecule has 0 bridgehead atoms. The quantitative estimate of drug-likeness (QED) is 0.124. The third-order valence-corrected chi connectivity index (χ3v) is 6.81. The van der Waals surface area contributed by atoms with E-state index < -0.39 is 17.8 Å². The lowest BCUT2D eigenvalue weighted by Crippen LogP contribution is -2.38. The maximum Gasteiger partial charge on any atom is 0.416 e. The van der Waals surface area contributed by atoms with E-state index in [1.54, 1.807) is 36.4 Å². The Bertz CT molecular complexity index is 1470. The third-order valence-electron chi connectivity index (χ3n) is 6.81. The molecule has 0 aliphatic rings. The van der Waals surface area contributed by atoms with Crippen LogP contribution in [-0.2, 0) is 11.0 Å². The summed E-state index contributed by atoms with van der Waals surface area (Å²) < 4.78 is 38.9. The molecule has 4 aromatic rings. The van der Waals surface area contributed by atoms with E-state index in [1.165, 1.54) is 12.1 Å². The van der Waals surface area contributed by atoms with Gasteiger partial charge in [0.15, 0.2) is 0 Å². The summed E-state index contributed by atoms with van der Waals surface area (Å²) in [6.07, 6.45) is -2.77. The maximum absolute atomic E-state index is 13.1. The number of amides is 2. The topological polar surface area (TPSA) is 82.3 Å². The van der Waals surface area contributed by atoms with Gasteiger partial charge < -0.3 is 21.3 Å². The fraction of sp³-hybridized carbons (Fsp3) is 0.235. The van der Waals surface area contributed by atoms with E-state index in [2.05, 4.69) is 21.3 Å². The van der Waals surface area contributed by atoms with Crippen molar-refractivity contribution < 1.29 is 22.8 Å². The van der Waals surface area contributed by atoms with Gasteiger partial charge in [-0.15, -0.1) is 0 Å². The van der Waals surface area contributed by atoms with E-state index in [0.29, 0.717) is 42.0 Å². The lowest BCUT2D eigenvalue weighted by Gasteiger charge is -2.19. The van der Waals surface area contributed by atoms with Gasteiger partial charge >= 0.3 is 6.18 Å². The van der Waals surface area contributed by atoms with Gasteiger partial charge in [-0.3, -0.25) is 9.59 Å². The Balaban J connectivity index is 1.29. The van der Waals surface area contributed by atoms with Gasteiger partial charge in [0, 0.05) is 30.0 Å². The summed E-state index contributed by atoms with van der Waals surface area (Å²) in [6, 6.07) is 28.1. The van der Waals surface area contributed by atoms with Gasteiger partial charge in [0.2, 0.25) is 5.91 Å². The number of halogens is 3. The van der Waals surface area contributed by atoms with Crippen LogP contribution >= 0.6 is 0 Å². The molecule has 0 heterocycles. The predicted molar refractivity (Wildman–Crippen MR) is 165 cm³/mol. The number of carbonyl (C=O) groups excluding carboxylic acids is 2. The first-order valence-corrected chi connectivity index (χ1v) is 14.2. The SMILES string of the molecule is CCCNC(=O)C(NCCCNc1ccc(NC(=O)c2ccccc2-c2ccc(C(F)(F)F)cc2)cc1)c1ccccc1. The summed E-state index contributed by atoms with van der Waals surface area (Å²) in [5, 5.41) is 12.5. The summed E-state index contributed by atoms with van der Waals surface area (Å²) >= 11 is 0. The van der Waals surface area contributed by atoms with E-state index in [4.69, 9.17) is 0 Å². The van der Waals surface area contributed by atoms with Crippen LogP contribution in [0, 0.1) is 0 Å². The van der Waals surface area contributed by atoms with Gasteiger partial charge in [-0.1, -0.05) is 67.6 Å². The Morgan fingerprint density at radius 2 is 1.40 bits per heavy atom. The minimum atomic E-state index is -4.43. The van der Waals surface area contributed by atoms with Crippen molar-refractivity contribution in [1.29, 1.82) is 0 Å². The second-order valence-corrected chi connectivity index (χ2v) is 10.0. The molecule has 4 N–H and O–H groups in total. The number of hydrogen-bond donors (Lipinski definition) is 4. The van der Waals surface area contributed by atoms with Crippen LogP contribution in [0.2, 0.25) is 0 Å². The van der Waals surface area contributed by atoms with Gasteiger partial charge in [-0.2, -0.15) is 13.2 Å². The average molecular weight is 589 g/mol. The smallest absolute Gasteiger partial charge is 0.385 e. The molecule has 0 saturated heterocycles. The molecule has 4 aromatic carbocycles. The molecule has 0 aliphatic carbocycles. The number of carbonyl (C=O) groups is 2. The van der Waals surface area contributed by atoms with Crippen LogP contribution in [0.5, 0.6) is 0 Å². The highest BCUT2D eigenvalue weighted by Gasteiger charge is 2.30. The summed E-state index contributed by atoms with van der Waals surface area (Å²) in [4.78, 5) is 25.8. The van der Waals surface area contributed by atoms with Gasteiger partial charge in [-0.25, -0.2) is 0 Å². The van der Waals surface area contributed by atoms with E-state index in [0.717, 1.165) is 36.2 Å². The number of alkyl halides is 3. The van der Waals surface area contributed by atoms with Gasteiger partial charge in [0.1, 0.15) is 6.04 Å². The van der Waals surface area contributed by atoms with Crippen LogP contribution in [0.15, 0.2) is 103 Å². The minimum absolute atomic E-state index is 0.0411. The monoisotopic (exact) mass is 588 g/mol. The molecule has 0 spiro atoms. The number of rotatable bonds is 13. The molecule has 6 nitrogen and oxygen atoms in total. The molecule has 4 rings (SSSR count). The Kier molecular flexibility index (Phi) is 10.9. The zero-order chi connectivity index (χ0) is 30.7. The van der Waals surface area contributed by atoms with Gasteiger partial charge in [-0.05, 0) is 78.5 Å². The van der Waals surface area contributed by atoms with E-state index >= 15 is 0 Å². The average Bonchev–Trinajstić information content (AvgIpc) is 3.02. The van der Waals surface area contributed by atoms with Crippen LogP contribution in [0.3, 0.4) is 0 Å². The molecule has 0 aromatic heterocycles. The zero-order valence-electron chi connectivity index (χ0n) is 23.9. The van der Waals surface area contributed by atoms with Crippen molar-refractivity contribution >= 4 is 23.2 Å². The molecule has 43 heavy (non-hydrogen) atoms.